The van der Waals surface area contributed by atoms with Gasteiger partial charge in [-0.2, -0.15) is 0 Å². The predicted molar refractivity (Wildman–Crippen MR) is 109 cm³/mol. The summed E-state index contributed by atoms with van der Waals surface area (Å²) in [5, 5.41) is 0. The Bertz CT molecular complexity index is 326. The molecule has 0 saturated carbocycles. The van der Waals surface area contributed by atoms with E-state index >= 15 is 0 Å². The Labute approximate surface area is 156 Å². The lowest BCUT2D eigenvalue weighted by Gasteiger charge is -2.03. The molecule has 0 saturated heterocycles. The van der Waals surface area contributed by atoms with Crippen LogP contribution in [-0.2, 0) is 4.79 Å². The van der Waals surface area contributed by atoms with E-state index in [-0.39, 0.29) is 5.91 Å². The lowest BCUT2D eigenvalue weighted by Crippen LogP contribution is -2.14. The van der Waals surface area contributed by atoms with Crippen molar-refractivity contribution in [3.05, 3.63) is 4.95 Å². The van der Waals surface area contributed by atoms with E-state index in [2.05, 4.69) is 10.4 Å². The molecule has 4 heteroatoms. The monoisotopic (exact) mass is 352 g/mol. The van der Waals surface area contributed by atoms with Gasteiger partial charge in [0, 0.05) is 6.42 Å². The van der Waals surface area contributed by atoms with Gasteiger partial charge in [0.1, 0.15) is 0 Å². The van der Waals surface area contributed by atoms with Crippen molar-refractivity contribution in [2.24, 2.45) is 5.73 Å². The number of hydrogen-bond acceptors (Lipinski definition) is 2. The van der Waals surface area contributed by atoms with E-state index < -0.39 is 0 Å². The van der Waals surface area contributed by atoms with Crippen LogP contribution in [0.15, 0.2) is 0 Å². The van der Waals surface area contributed by atoms with Crippen molar-refractivity contribution in [3.63, 3.8) is 0 Å². The molecule has 0 bridgehead atoms. The summed E-state index contributed by atoms with van der Waals surface area (Å²) in [5.41, 5.74) is 7.76. The molecule has 0 aliphatic carbocycles. The fourth-order valence-corrected chi connectivity index (χ4v) is 3.21. The molecule has 0 aliphatic heterocycles. The van der Waals surface area contributed by atoms with Crippen molar-refractivity contribution in [2.75, 3.05) is 6.54 Å². The van der Waals surface area contributed by atoms with Gasteiger partial charge >= 0.3 is 6.57 Å². The number of carbonyl (C=O) groups is 1. The Morgan fingerprint density at radius 3 is 1.28 bits per heavy atom. The van der Waals surface area contributed by atoms with E-state index in [9.17, 15) is 4.79 Å². The third-order valence-electron chi connectivity index (χ3n) is 4.80. The zero-order valence-electron chi connectivity index (χ0n) is 16.4. The van der Waals surface area contributed by atoms with Crippen LogP contribution in [0.3, 0.4) is 0 Å². The molecule has 0 fully saturated rings. The van der Waals surface area contributed by atoms with Gasteiger partial charge in [-0.1, -0.05) is 96.3 Å². The SMILES string of the molecule is C#[N+]NC(=O)CCCCCCCCCCCCCCCCCCCN. The van der Waals surface area contributed by atoms with Crippen molar-refractivity contribution in [3.8, 4) is 6.57 Å². The molecule has 3 N–H and O–H groups in total. The normalized spacial score (nSPS) is 10.6. The number of unbranched alkanes of at least 4 members (excludes halogenated alkanes) is 16. The molecular weight excluding hydrogens is 310 g/mol. The van der Waals surface area contributed by atoms with Crippen molar-refractivity contribution >= 4 is 5.91 Å². The van der Waals surface area contributed by atoms with Gasteiger partial charge in [0.2, 0.25) is 0 Å². The van der Waals surface area contributed by atoms with Crippen molar-refractivity contribution < 1.29 is 4.79 Å². The third-order valence-corrected chi connectivity index (χ3v) is 4.80. The quantitative estimate of drug-likeness (QED) is 0.222. The molecule has 0 heterocycles. The predicted octanol–water partition coefficient (Wildman–Crippen LogP) is 5.96. The maximum atomic E-state index is 11.1. The van der Waals surface area contributed by atoms with Crippen LogP contribution in [0.4, 0.5) is 0 Å². The summed E-state index contributed by atoms with van der Waals surface area (Å²) >= 11 is 0. The van der Waals surface area contributed by atoms with Gasteiger partial charge < -0.3 is 5.73 Å². The summed E-state index contributed by atoms with van der Waals surface area (Å²) in [4.78, 5) is 14.3. The maximum absolute atomic E-state index is 11.1. The highest BCUT2D eigenvalue weighted by Gasteiger charge is 2.03. The van der Waals surface area contributed by atoms with Gasteiger partial charge in [-0.05, 0) is 24.8 Å². The summed E-state index contributed by atoms with van der Waals surface area (Å²) in [6, 6.07) is 0. The van der Waals surface area contributed by atoms with Crippen molar-refractivity contribution in [1.29, 1.82) is 0 Å². The number of carbonyl (C=O) groups excluding carboxylic acids is 1. The molecule has 4 nitrogen and oxygen atoms in total. The highest BCUT2D eigenvalue weighted by molar-refractivity contribution is 5.76. The molecule has 25 heavy (non-hydrogen) atoms. The van der Waals surface area contributed by atoms with Gasteiger partial charge in [-0.15, -0.1) is 0 Å². The van der Waals surface area contributed by atoms with Gasteiger partial charge in [0.15, 0.2) is 0 Å². The van der Waals surface area contributed by atoms with Crippen LogP contribution in [0.1, 0.15) is 116 Å². The Morgan fingerprint density at radius 2 is 0.960 bits per heavy atom. The number of hydrogen-bond donors (Lipinski definition) is 2. The number of rotatable bonds is 19. The topological polar surface area (TPSA) is 59.5 Å². The average Bonchev–Trinajstić information content (AvgIpc) is 2.61. The molecule has 0 aliphatic rings. The minimum absolute atomic E-state index is 0.0749. The average molecular weight is 353 g/mol. The molecule has 0 radical (unpaired) electrons. The minimum Gasteiger partial charge on any atom is -0.330 e. The largest absolute Gasteiger partial charge is 0.330 e. The molecule has 0 rings (SSSR count). The third kappa shape index (κ3) is 20.9. The molecule has 0 aromatic heterocycles. The Morgan fingerprint density at radius 1 is 0.640 bits per heavy atom. The standard InChI is InChI=1S/C21H41N3O/c1-23-24-21(25)19-17-15-13-11-9-7-5-3-2-4-6-8-10-12-14-16-18-20-22/h1H,2-20,22H2/p+1. The fourth-order valence-electron chi connectivity index (χ4n) is 3.21. The van der Waals surface area contributed by atoms with Gasteiger partial charge in [0.25, 0.3) is 5.91 Å². The van der Waals surface area contributed by atoms with E-state index in [4.69, 9.17) is 12.3 Å². The zero-order chi connectivity index (χ0) is 18.4. The zero-order valence-corrected chi connectivity index (χ0v) is 16.4. The summed E-state index contributed by atoms with van der Waals surface area (Å²) in [7, 11) is 0. The highest BCUT2D eigenvalue weighted by Crippen LogP contribution is 2.14. The first-order valence-corrected chi connectivity index (χ1v) is 10.7. The van der Waals surface area contributed by atoms with Gasteiger partial charge in [-0.25, -0.2) is 0 Å². The second kappa shape index (κ2) is 21.0. The van der Waals surface area contributed by atoms with Crippen molar-refractivity contribution in [2.45, 2.75) is 116 Å². The first-order valence-electron chi connectivity index (χ1n) is 10.7. The molecule has 146 valence electrons. The van der Waals surface area contributed by atoms with Crippen LogP contribution >= 0.6 is 0 Å². The first-order chi connectivity index (χ1) is 12.3. The smallest absolute Gasteiger partial charge is 0.305 e. The molecule has 0 atom stereocenters. The molecule has 0 spiro atoms. The lowest BCUT2D eigenvalue weighted by atomic mass is 10.0. The molecule has 1 amide bonds. The number of nitrogens with zero attached hydrogens (tertiary/aromatic N) is 1. The summed E-state index contributed by atoms with van der Waals surface area (Å²) in [6.45, 7) is 5.74. The molecule has 0 unspecified atom stereocenters. The number of nitrogens with two attached hydrogens (primary N) is 1. The summed E-state index contributed by atoms with van der Waals surface area (Å²) in [6.07, 6.45) is 23.0. The maximum Gasteiger partial charge on any atom is 0.305 e. The summed E-state index contributed by atoms with van der Waals surface area (Å²) < 4.78 is 0. The van der Waals surface area contributed by atoms with Crippen LogP contribution in [0.5, 0.6) is 0 Å². The van der Waals surface area contributed by atoms with Gasteiger partial charge in [0.05, 0.1) is 4.95 Å². The molecule has 0 aromatic carbocycles. The van der Waals surface area contributed by atoms with E-state index in [0.717, 1.165) is 19.4 Å². The van der Waals surface area contributed by atoms with Crippen LogP contribution in [0.2, 0.25) is 0 Å². The van der Waals surface area contributed by atoms with Crippen molar-refractivity contribution in [1.82, 2.24) is 5.43 Å². The van der Waals surface area contributed by atoms with Crippen LogP contribution in [0.25, 0.3) is 4.95 Å². The second-order valence-electron chi connectivity index (χ2n) is 7.21. The van der Waals surface area contributed by atoms with E-state index in [1.807, 2.05) is 0 Å². The minimum atomic E-state index is -0.0749. The van der Waals surface area contributed by atoms with E-state index in [0.29, 0.717) is 6.42 Å². The van der Waals surface area contributed by atoms with Gasteiger partial charge in [-0.3, -0.25) is 4.79 Å². The molecule has 0 aromatic rings. The first kappa shape index (κ1) is 23.9. The number of amides is 1. The van der Waals surface area contributed by atoms with Crippen LogP contribution in [0, 0.1) is 6.57 Å². The Kier molecular flexibility index (Phi) is 20.1. The Balaban J connectivity index is 3.03. The van der Waals surface area contributed by atoms with Crippen LogP contribution < -0.4 is 11.2 Å². The van der Waals surface area contributed by atoms with E-state index in [1.165, 1.54) is 96.3 Å². The summed E-state index contributed by atoms with van der Waals surface area (Å²) in [5.74, 6) is -0.0749. The van der Waals surface area contributed by atoms with Crippen LogP contribution in [-0.4, -0.2) is 12.5 Å². The number of nitrogens with one attached hydrogen (secondary N) is 1. The highest BCUT2D eigenvalue weighted by atomic mass is 16.2. The fraction of sp³-hybridized carbons (Fsp3) is 0.905. The lowest BCUT2D eigenvalue weighted by molar-refractivity contribution is -0.120. The Hall–Kier alpha value is -1.08. The second-order valence-corrected chi connectivity index (χ2v) is 7.21. The van der Waals surface area contributed by atoms with E-state index in [1.54, 1.807) is 0 Å². The molecular formula is C21H42N3O+.